The zero-order chi connectivity index (χ0) is 13.4. The number of halogens is 5. The summed E-state index contributed by atoms with van der Waals surface area (Å²) in [5.41, 5.74) is -1.08. The molecule has 0 aliphatic rings. The zero-order valence-corrected chi connectivity index (χ0v) is 8.57. The van der Waals surface area contributed by atoms with Crippen LogP contribution in [0.2, 0.25) is 0 Å². The van der Waals surface area contributed by atoms with E-state index in [-0.39, 0.29) is 5.69 Å². The molecule has 1 aromatic carbocycles. The van der Waals surface area contributed by atoms with E-state index in [0.29, 0.717) is 0 Å². The molecule has 0 spiro atoms. The van der Waals surface area contributed by atoms with Crippen LogP contribution in [0.3, 0.4) is 0 Å². The van der Waals surface area contributed by atoms with Crippen LogP contribution < -0.4 is 0 Å². The summed E-state index contributed by atoms with van der Waals surface area (Å²) >= 11 is 0. The fourth-order valence-corrected chi connectivity index (χ4v) is 1.38. The molecule has 1 aromatic heterocycles. The van der Waals surface area contributed by atoms with Crippen molar-refractivity contribution in [2.24, 2.45) is 0 Å². The minimum absolute atomic E-state index is 0.0777. The van der Waals surface area contributed by atoms with Gasteiger partial charge in [-0.05, 0) is 0 Å². The van der Waals surface area contributed by atoms with Crippen LogP contribution in [-0.4, -0.2) is 15.1 Å². The highest BCUT2D eigenvalue weighted by atomic mass is 19.2. The molecular weight excluding hydrogens is 259 g/mol. The van der Waals surface area contributed by atoms with E-state index < -0.39 is 47.1 Å². The SMILES string of the molecule is OCc1cnc(-c2c(F)c(F)c(F)c(F)c2F)[nH]1. The quantitative estimate of drug-likeness (QED) is 0.496. The second kappa shape index (κ2) is 4.37. The smallest absolute Gasteiger partial charge is 0.200 e. The lowest BCUT2D eigenvalue weighted by Crippen LogP contribution is -2.04. The number of aliphatic hydroxyl groups is 1. The average molecular weight is 264 g/mol. The second-order valence-corrected chi connectivity index (χ2v) is 3.36. The maximum absolute atomic E-state index is 13.4. The summed E-state index contributed by atoms with van der Waals surface area (Å²) in [7, 11) is 0. The van der Waals surface area contributed by atoms with E-state index in [1.165, 1.54) is 0 Å². The van der Waals surface area contributed by atoms with E-state index >= 15 is 0 Å². The summed E-state index contributed by atoms with van der Waals surface area (Å²) in [4.78, 5) is 5.68. The fourth-order valence-electron chi connectivity index (χ4n) is 1.38. The number of aromatic amines is 1. The molecule has 8 heteroatoms. The molecule has 0 aliphatic carbocycles. The maximum atomic E-state index is 13.4. The van der Waals surface area contributed by atoms with E-state index in [0.717, 1.165) is 6.20 Å². The van der Waals surface area contributed by atoms with Crippen LogP contribution in [0.4, 0.5) is 22.0 Å². The molecule has 0 unspecified atom stereocenters. The Bertz CT molecular complexity index is 582. The monoisotopic (exact) mass is 264 g/mol. The predicted octanol–water partition coefficient (Wildman–Crippen LogP) is 2.26. The highest BCUT2D eigenvalue weighted by Crippen LogP contribution is 2.29. The Morgan fingerprint density at radius 1 is 0.944 bits per heavy atom. The van der Waals surface area contributed by atoms with Crippen molar-refractivity contribution >= 4 is 0 Å². The van der Waals surface area contributed by atoms with Crippen LogP contribution in [-0.2, 0) is 6.61 Å². The van der Waals surface area contributed by atoms with Gasteiger partial charge in [-0.15, -0.1) is 0 Å². The van der Waals surface area contributed by atoms with Crippen molar-refractivity contribution in [3.8, 4) is 11.4 Å². The van der Waals surface area contributed by atoms with Crippen molar-refractivity contribution in [1.82, 2.24) is 9.97 Å². The molecule has 0 radical (unpaired) electrons. The summed E-state index contributed by atoms with van der Waals surface area (Å²) in [6.45, 7) is -0.512. The van der Waals surface area contributed by atoms with Gasteiger partial charge in [-0.3, -0.25) is 0 Å². The number of hydrogen-bond acceptors (Lipinski definition) is 2. The molecule has 18 heavy (non-hydrogen) atoms. The Morgan fingerprint density at radius 3 is 1.89 bits per heavy atom. The van der Waals surface area contributed by atoms with Crippen LogP contribution in [0, 0.1) is 29.1 Å². The standard InChI is InChI=1S/C10H5F5N2O/c11-5-4(10-16-1-3(2-18)17-10)6(12)8(14)9(15)7(5)13/h1,18H,2H2,(H,16,17). The van der Waals surface area contributed by atoms with Gasteiger partial charge in [0.25, 0.3) is 0 Å². The minimum atomic E-state index is -2.23. The van der Waals surface area contributed by atoms with Gasteiger partial charge in [-0.1, -0.05) is 0 Å². The number of H-pyrrole nitrogens is 1. The summed E-state index contributed by atoms with van der Waals surface area (Å²) in [5.74, 6) is -10.8. The van der Waals surface area contributed by atoms with Crippen LogP contribution in [0.1, 0.15) is 5.69 Å². The number of rotatable bonds is 2. The zero-order valence-electron chi connectivity index (χ0n) is 8.57. The third kappa shape index (κ3) is 1.74. The molecule has 0 bridgehead atoms. The Balaban J connectivity index is 2.71. The van der Waals surface area contributed by atoms with E-state index in [1.54, 1.807) is 0 Å². The number of aliphatic hydroxyl groups excluding tert-OH is 1. The normalized spacial score (nSPS) is 11.0. The van der Waals surface area contributed by atoms with E-state index in [2.05, 4.69) is 9.97 Å². The molecule has 1 heterocycles. The molecule has 0 saturated heterocycles. The van der Waals surface area contributed by atoms with Gasteiger partial charge in [0.2, 0.25) is 5.82 Å². The summed E-state index contributed by atoms with van der Waals surface area (Å²) in [6.07, 6.45) is 1.02. The van der Waals surface area contributed by atoms with Gasteiger partial charge in [-0.25, -0.2) is 26.9 Å². The first kappa shape index (κ1) is 12.5. The van der Waals surface area contributed by atoms with E-state index in [4.69, 9.17) is 5.11 Å². The first-order valence-electron chi connectivity index (χ1n) is 4.64. The highest BCUT2D eigenvalue weighted by molar-refractivity contribution is 5.57. The maximum Gasteiger partial charge on any atom is 0.200 e. The highest BCUT2D eigenvalue weighted by Gasteiger charge is 2.27. The molecule has 3 nitrogen and oxygen atoms in total. The average Bonchev–Trinajstić information content (AvgIpc) is 2.83. The molecule has 0 aliphatic heterocycles. The van der Waals surface area contributed by atoms with Gasteiger partial charge in [0.15, 0.2) is 23.3 Å². The largest absolute Gasteiger partial charge is 0.390 e. The summed E-state index contributed by atoms with van der Waals surface area (Å²) < 4.78 is 65.4. The van der Waals surface area contributed by atoms with Crippen LogP contribution in [0.25, 0.3) is 11.4 Å². The lowest BCUT2D eigenvalue weighted by atomic mass is 10.1. The van der Waals surface area contributed by atoms with Crippen LogP contribution in [0.5, 0.6) is 0 Å². The van der Waals surface area contributed by atoms with Crippen LogP contribution in [0.15, 0.2) is 6.20 Å². The molecule has 0 amide bonds. The molecule has 96 valence electrons. The summed E-state index contributed by atoms with van der Waals surface area (Å²) in [5, 5.41) is 8.72. The Labute approximate surface area is 96.9 Å². The fraction of sp³-hybridized carbons (Fsp3) is 0.100. The van der Waals surface area contributed by atoms with Gasteiger partial charge in [0.1, 0.15) is 5.82 Å². The number of benzene rings is 1. The Kier molecular flexibility index (Phi) is 3.04. The predicted molar refractivity (Wildman–Crippen MR) is 49.7 cm³/mol. The topological polar surface area (TPSA) is 48.9 Å². The molecule has 2 aromatic rings. The van der Waals surface area contributed by atoms with Gasteiger partial charge in [0.05, 0.1) is 24.1 Å². The molecule has 0 fully saturated rings. The van der Waals surface area contributed by atoms with Gasteiger partial charge < -0.3 is 10.1 Å². The van der Waals surface area contributed by atoms with Crippen molar-refractivity contribution in [2.45, 2.75) is 6.61 Å². The Hall–Kier alpha value is -1.96. The van der Waals surface area contributed by atoms with Crippen molar-refractivity contribution in [3.05, 3.63) is 41.0 Å². The number of imidazole rings is 1. The van der Waals surface area contributed by atoms with Gasteiger partial charge in [0, 0.05) is 0 Å². The third-order valence-electron chi connectivity index (χ3n) is 2.25. The molecular formula is C10H5F5N2O. The number of nitrogens with zero attached hydrogens (tertiary/aromatic N) is 1. The number of hydrogen-bond donors (Lipinski definition) is 2. The number of nitrogens with one attached hydrogen (secondary N) is 1. The van der Waals surface area contributed by atoms with Crippen LogP contribution >= 0.6 is 0 Å². The van der Waals surface area contributed by atoms with Crippen molar-refractivity contribution in [2.75, 3.05) is 0 Å². The second-order valence-electron chi connectivity index (χ2n) is 3.36. The van der Waals surface area contributed by atoms with Crippen molar-refractivity contribution < 1.29 is 27.1 Å². The molecule has 0 atom stereocenters. The van der Waals surface area contributed by atoms with Crippen molar-refractivity contribution in [1.29, 1.82) is 0 Å². The third-order valence-corrected chi connectivity index (χ3v) is 2.25. The first-order valence-corrected chi connectivity index (χ1v) is 4.64. The molecule has 2 N–H and O–H groups in total. The lowest BCUT2D eigenvalue weighted by Gasteiger charge is -2.05. The minimum Gasteiger partial charge on any atom is -0.390 e. The van der Waals surface area contributed by atoms with Crippen molar-refractivity contribution in [3.63, 3.8) is 0 Å². The Morgan fingerprint density at radius 2 is 1.44 bits per heavy atom. The lowest BCUT2D eigenvalue weighted by molar-refractivity contribution is 0.277. The molecule has 0 saturated carbocycles. The van der Waals surface area contributed by atoms with Gasteiger partial charge in [-0.2, -0.15) is 0 Å². The molecule has 2 rings (SSSR count). The summed E-state index contributed by atoms with van der Waals surface area (Å²) in [6, 6.07) is 0. The van der Waals surface area contributed by atoms with E-state index in [9.17, 15) is 22.0 Å². The first-order chi connectivity index (χ1) is 8.47. The van der Waals surface area contributed by atoms with E-state index in [1.807, 2.05) is 0 Å². The number of aromatic nitrogens is 2. The van der Waals surface area contributed by atoms with Gasteiger partial charge >= 0.3 is 0 Å².